The summed E-state index contributed by atoms with van der Waals surface area (Å²) in [7, 11) is -3.87. The Morgan fingerprint density at radius 1 is 1.00 bits per heavy atom. The molecule has 1 aliphatic heterocycles. The molecule has 1 saturated heterocycles. The number of rotatable bonds is 8. The Balaban J connectivity index is 1.36. The van der Waals surface area contributed by atoms with Crippen molar-refractivity contribution in [3.05, 3.63) is 94.0 Å². The van der Waals surface area contributed by atoms with Crippen LogP contribution in [0.3, 0.4) is 0 Å². The number of sulfonamides is 1. The molecule has 0 unspecified atom stereocenters. The lowest BCUT2D eigenvalue weighted by molar-refractivity contribution is -0.384. The summed E-state index contributed by atoms with van der Waals surface area (Å²) in [4.78, 5) is 37.0. The third-order valence-electron chi connectivity index (χ3n) is 6.01. The Morgan fingerprint density at radius 3 is 2.38 bits per heavy atom. The van der Waals surface area contributed by atoms with Crippen molar-refractivity contribution >= 4 is 39.0 Å². The lowest BCUT2D eigenvalue weighted by Gasteiger charge is -2.35. The molecule has 0 saturated carbocycles. The van der Waals surface area contributed by atoms with Gasteiger partial charge in [0.15, 0.2) is 6.61 Å². The van der Waals surface area contributed by atoms with Crippen molar-refractivity contribution < 1.29 is 27.7 Å². The van der Waals surface area contributed by atoms with Crippen molar-refractivity contribution in [2.75, 3.05) is 43.0 Å². The van der Waals surface area contributed by atoms with Gasteiger partial charge in [-0.25, -0.2) is 13.2 Å². The largest absolute Gasteiger partial charge is 0.452 e. The smallest absolute Gasteiger partial charge is 0.338 e. The van der Waals surface area contributed by atoms with Crippen LogP contribution >= 0.6 is 0 Å². The van der Waals surface area contributed by atoms with Crippen molar-refractivity contribution in [3.8, 4) is 6.07 Å². The predicted molar refractivity (Wildman–Crippen MR) is 141 cm³/mol. The number of carbonyl (C=O) groups is 2. The third kappa shape index (κ3) is 6.38. The number of nitro groups is 1. The summed E-state index contributed by atoms with van der Waals surface area (Å²) in [5.41, 5.74) is 0.528. The summed E-state index contributed by atoms with van der Waals surface area (Å²) in [6.07, 6.45) is 0. The van der Waals surface area contributed by atoms with Gasteiger partial charge in [-0.2, -0.15) is 9.57 Å². The number of carbonyl (C=O) groups excluding carboxylic acids is 2. The zero-order valence-electron chi connectivity index (χ0n) is 20.5. The second-order valence-electron chi connectivity index (χ2n) is 8.48. The molecule has 12 nitrogen and oxygen atoms in total. The molecular weight excluding hydrogens is 526 g/mol. The van der Waals surface area contributed by atoms with Crippen LogP contribution in [0.2, 0.25) is 0 Å². The maximum Gasteiger partial charge on any atom is 0.338 e. The fourth-order valence-electron chi connectivity index (χ4n) is 4.01. The minimum atomic E-state index is -3.87. The number of nitrogens with one attached hydrogen (secondary N) is 1. The molecule has 39 heavy (non-hydrogen) atoms. The molecule has 3 aromatic carbocycles. The van der Waals surface area contributed by atoms with Gasteiger partial charge in [-0.15, -0.1) is 0 Å². The van der Waals surface area contributed by atoms with Crippen LogP contribution in [0.15, 0.2) is 77.7 Å². The van der Waals surface area contributed by atoms with Crippen LogP contribution in [0, 0.1) is 21.4 Å². The molecule has 0 atom stereocenters. The molecule has 0 spiro atoms. The summed E-state index contributed by atoms with van der Waals surface area (Å²) in [5.74, 6) is -1.70. The van der Waals surface area contributed by atoms with E-state index in [0.717, 1.165) is 17.8 Å². The van der Waals surface area contributed by atoms with Gasteiger partial charge >= 0.3 is 5.97 Å². The van der Waals surface area contributed by atoms with Gasteiger partial charge in [-0.3, -0.25) is 14.9 Å². The van der Waals surface area contributed by atoms with E-state index in [1.807, 2.05) is 30.3 Å². The molecule has 1 heterocycles. The summed E-state index contributed by atoms with van der Waals surface area (Å²) in [6, 6.07) is 20.2. The number of ether oxygens (including phenoxy) is 1. The second-order valence-corrected chi connectivity index (χ2v) is 10.4. The van der Waals surface area contributed by atoms with Gasteiger partial charge in [-0.05, 0) is 36.4 Å². The van der Waals surface area contributed by atoms with Crippen LogP contribution in [0.5, 0.6) is 0 Å². The number of benzene rings is 3. The van der Waals surface area contributed by atoms with Crippen LogP contribution in [0.1, 0.15) is 15.9 Å². The molecule has 200 valence electrons. The molecule has 0 aromatic heterocycles. The standard InChI is InChI=1S/C26H23N5O7S/c27-17-20-15-22(31(34)35)9-10-24(20)28-25(32)18-38-26(33)19-5-4-8-23(16-19)39(36,37)30-13-11-29(12-14-30)21-6-2-1-3-7-21/h1-10,15-16H,11-14,18H2,(H,28,32). The molecule has 3 aromatic rings. The first kappa shape index (κ1) is 27.2. The lowest BCUT2D eigenvalue weighted by atomic mass is 10.1. The number of nitrogens with zero attached hydrogens (tertiary/aromatic N) is 4. The van der Waals surface area contributed by atoms with E-state index < -0.39 is 33.4 Å². The zero-order valence-corrected chi connectivity index (χ0v) is 21.3. The minimum absolute atomic E-state index is 0.0181. The number of anilines is 2. The topological polar surface area (TPSA) is 163 Å². The third-order valence-corrected chi connectivity index (χ3v) is 7.90. The van der Waals surface area contributed by atoms with Crippen molar-refractivity contribution in [2.24, 2.45) is 0 Å². The van der Waals surface area contributed by atoms with Gasteiger partial charge in [0.05, 0.1) is 26.6 Å². The fourth-order valence-corrected chi connectivity index (χ4v) is 5.47. The number of amides is 1. The van der Waals surface area contributed by atoms with Gasteiger partial charge in [0, 0.05) is 44.0 Å². The van der Waals surface area contributed by atoms with E-state index in [2.05, 4.69) is 10.2 Å². The highest BCUT2D eigenvalue weighted by atomic mass is 32.2. The van der Waals surface area contributed by atoms with E-state index in [0.29, 0.717) is 13.1 Å². The van der Waals surface area contributed by atoms with Crippen LogP contribution in [0.25, 0.3) is 0 Å². The average molecular weight is 550 g/mol. The van der Waals surface area contributed by atoms with E-state index in [9.17, 15) is 33.4 Å². The maximum absolute atomic E-state index is 13.2. The van der Waals surface area contributed by atoms with Gasteiger partial charge in [0.1, 0.15) is 6.07 Å². The first-order valence-corrected chi connectivity index (χ1v) is 13.2. The number of hydrogen-bond donors (Lipinski definition) is 1. The van der Waals surface area contributed by atoms with Crippen LogP contribution < -0.4 is 10.2 Å². The number of nitriles is 1. The van der Waals surface area contributed by atoms with E-state index >= 15 is 0 Å². The summed E-state index contributed by atoms with van der Waals surface area (Å²) >= 11 is 0. The van der Waals surface area contributed by atoms with Gasteiger partial charge in [0.25, 0.3) is 11.6 Å². The fraction of sp³-hybridized carbons (Fsp3) is 0.192. The molecule has 1 aliphatic rings. The highest BCUT2D eigenvalue weighted by Gasteiger charge is 2.29. The van der Waals surface area contributed by atoms with Crippen LogP contribution in [0.4, 0.5) is 17.1 Å². The number of esters is 1. The summed E-state index contributed by atoms with van der Waals surface area (Å²) < 4.78 is 32.8. The minimum Gasteiger partial charge on any atom is -0.452 e. The molecule has 0 aliphatic carbocycles. The molecule has 0 bridgehead atoms. The first-order chi connectivity index (χ1) is 18.7. The molecule has 1 N–H and O–H groups in total. The second kappa shape index (κ2) is 11.7. The Kier molecular flexibility index (Phi) is 8.18. The molecular formula is C26H23N5O7S. The lowest BCUT2D eigenvalue weighted by Crippen LogP contribution is -2.48. The summed E-state index contributed by atoms with van der Waals surface area (Å²) in [6.45, 7) is 0.864. The van der Waals surface area contributed by atoms with Crippen molar-refractivity contribution in [1.29, 1.82) is 5.26 Å². The van der Waals surface area contributed by atoms with Crippen molar-refractivity contribution in [3.63, 3.8) is 0 Å². The molecule has 4 rings (SSSR count). The quantitative estimate of drug-likeness (QED) is 0.253. The molecule has 1 amide bonds. The number of nitro benzene ring substituents is 1. The van der Waals surface area contributed by atoms with E-state index in [4.69, 9.17) is 4.74 Å². The van der Waals surface area contributed by atoms with E-state index in [1.165, 1.54) is 34.6 Å². The number of piperazine rings is 1. The highest BCUT2D eigenvalue weighted by molar-refractivity contribution is 7.89. The maximum atomic E-state index is 13.2. The monoisotopic (exact) mass is 549 g/mol. The number of para-hydroxylation sites is 1. The van der Waals surface area contributed by atoms with E-state index in [1.54, 1.807) is 6.07 Å². The summed E-state index contributed by atoms with van der Waals surface area (Å²) in [5, 5.41) is 22.4. The van der Waals surface area contributed by atoms with Gasteiger partial charge in [-0.1, -0.05) is 24.3 Å². The molecule has 0 radical (unpaired) electrons. The first-order valence-electron chi connectivity index (χ1n) is 11.7. The molecule has 1 fully saturated rings. The predicted octanol–water partition coefficient (Wildman–Crippen LogP) is 2.77. The SMILES string of the molecule is N#Cc1cc([N+](=O)[O-])ccc1NC(=O)COC(=O)c1cccc(S(=O)(=O)N2CCN(c3ccccc3)CC2)c1. The van der Waals surface area contributed by atoms with Crippen molar-refractivity contribution in [2.45, 2.75) is 4.90 Å². The van der Waals surface area contributed by atoms with Crippen LogP contribution in [-0.4, -0.2) is 62.3 Å². The highest BCUT2D eigenvalue weighted by Crippen LogP contribution is 2.23. The van der Waals surface area contributed by atoms with Crippen molar-refractivity contribution in [1.82, 2.24) is 4.31 Å². The Morgan fingerprint density at radius 2 is 1.72 bits per heavy atom. The van der Waals surface area contributed by atoms with Gasteiger partial charge < -0.3 is 15.0 Å². The Labute approximate surface area is 224 Å². The van der Waals surface area contributed by atoms with Crippen LogP contribution in [-0.2, 0) is 19.6 Å². The number of hydrogen-bond acceptors (Lipinski definition) is 9. The number of non-ortho nitro benzene ring substituents is 1. The Hall–Kier alpha value is -4.80. The normalized spacial score (nSPS) is 13.8. The van der Waals surface area contributed by atoms with Gasteiger partial charge in [0.2, 0.25) is 10.0 Å². The Bertz CT molecular complexity index is 1550. The zero-order chi connectivity index (χ0) is 28.0. The average Bonchev–Trinajstić information content (AvgIpc) is 2.96. The van der Waals surface area contributed by atoms with E-state index in [-0.39, 0.29) is 40.5 Å². The molecule has 13 heteroatoms.